The summed E-state index contributed by atoms with van der Waals surface area (Å²) in [5, 5.41) is 6.40. The van der Waals surface area contributed by atoms with Crippen molar-refractivity contribution in [2.75, 3.05) is 11.1 Å². The zero-order chi connectivity index (χ0) is 18.7. The Bertz CT molecular complexity index is 897. The van der Waals surface area contributed by atoms with Crippen molar-refractivity contribution < 1.29 is 9.32 Å². The molecule has 2 aromatic heterocycles. The number of rotatable bonds is 3. The molecule has 1 amide bonds. The van der Waals surface area contributed by atoms with Gasteiger partial charge in [-0.15, -0.1) is 0 Å². The van der Waals surface area contributed by atoms with Gasteiger partial charge in [0.05, 0.1) is 0 Å². The van der Waals surface area contributed by atoms with Gasteiger partial charge in [0.25, 0.3) is 5.24 Å². The number of nitrogens with two attached hydrogens (primary N) is 1. The van der Waals surface area contributed by atoms with E-state index < -0.39 is 0 Å². The van der Waals surface area contributed by atoms with Crippen LogP contribution < -0.4 is 11.1 Å². The van der Waals surface area contributed by atoms with Crippen LogP contribution in [-0.4, -0.2) is 15.4 Å². The van der Waals surface area contributed by atoms with Crippen LogP contribution in [0.2, 0.25) is 0 Å². The molecule has 3 rings (SSSR count). The number of carbonyl (C=O) groups excluding carboxylic acids is 1. The Balaban J connectivity index is 1.62. The van der Waals surface area contributed by atoms with Crippen LogP contribution in [0.5, 0.6) is 0 Å². The highest BCUT2D eigenvalue weighted by Crippen LogP contribution is 2.27. The Kier molecular flexibility index (Phi) is 4.99. The van der Waals surface area contributed by atoms with E-state index in [0.29, 0.717) is 11.6 Å². The molecule has 0 aliphatic rings. The number of carbonyl (C=O) groups is 1. The second kappa shape index (κ2) is 7.21. The van der Waals surface area contributed by atoms with Crippen LogP contribution in [0.15, 0.2) is 58.1 Å². The molecule has 0 atom stereocenters. The molecule has 7 heteroatoms. The van der Waals surface area contributed by atoms with Crippen LogP contribution in [0.3, 0.4) is 0 Å². The van der Waals surface area contributed by atoms with Crippen molar-refractivity contribution in [3.63, 3.8) is 0 Å². The van der Waals surface area contributed by atoms with Crippen LogP contribution in [-0.2, 0) is 5.41 Å². The normalized spacial score (nSPS) is 11.3. The van der Waals surface area contributed by atoms with Crippen molar-refractivity contribution in [2.45, 2.75) is 31.1 Å². The number of anilines is 2. The number of pyridine rings is 1. The quantitative estimate of drug-likeness (QED) is 0.636. The predicted octanol–water partition coefficient (Wildman–Crippen LogP) is 4.94. The Hall–Kier alpha value is -2.80. The van der Waals surface area contributed by atoms with Gasteiger partial charge in [-0.25, -0.2) is 4.98 Å². The molecule has 0 bridgehead atoms. The summed E-state index contributed by atoms with van der Waals surface area (Å²) in [6.45, 7) is 6.06. The molecule has 0 aliphatic heterocycles. The monoisotopic (exact) mass is 368 g/mol. The molecule has 6 nitrogen and oxygen atoms in total. The molecule has 0 unspecified atom stereocenters. The number of thioether (sulfide) groups is 1. The fourth-order valence-electron chi connectivity index (χ4n) is 2.22. The van der Waals surface area contributed by atoms with Crippen molar-refractivity contribution in [1.29, 1.82) is 0 Å². The van der Waals surface area contributed by atoms with Gasteiger partial charge < -0.3 is 10.3 Å². The number of nitrogens with zero attached hydrogens (tertiary/aromatic N) is 2. The molecule has 2 heterocycles. The molecule has 0 radical (unpaired) electrons. The average Bonchev–Trinajstić information content (AvgIpc) is 3.05. The number of amides is 1. The van der Waals surface area contributed by atoms with Gasteiger partial charge in [-0.2, -0.15) is 0 Å². The van der Waals surface area contributed by atoms with E-state index in [1.165, 1.54) is 0 Å². The molecule has 0 aliphatic carbocycles. The highest BCUT2D eigenvalue weighted by Gasteiger charge is 2.20. The lowest BCUT2D eigenvalue weighted by Crippen LogP contribution is -2.09. The number of nitrogen functional groups attached to an aromatic ring is 1. The summed E-state index contributed by atoms with van der Waals surface area (Å²) in [5.74, 6) is 1.62. The van der Waals surface area contributed by atoms with E-state index in [2.05, 4.69) is 15.5 Å². The number of benzene rings is 1. The van der Waals surface area contributed by atoms with Crippen molar-refractivity contribution in [1.82, 2.24) is 10.1 Å². The fraction of sp³-hybridized carbons (Fsp3) is 0.211. The van der Waals surface area contributed by atoms with Crippen LogP contribution >= 0.6 is 11.8 Å². The standard InChI is InChI=1S/C19H20N4O2S/c1-19(2,3)15-10-17(23-25-15)22-18(24)26-14-7-4-12(5-8-14)13-6-9-16(20)21-11-13/h4-11H,1-3H3,(H2,20,21)(H,22,23,24). The third kappa shape index (κ3) is 4.43. The molecule has 26 heavy (non-hydrogen) atoms. The smallest absolute Gasteiger partial charge is 0.289 e. The van der Waals surface area contributed by atoms with Crippen LogP contribution in [0.1, 0.15) is 26.5 Å². The molecule has 134 valence electrons. The Morgan fingerprint density at radius 1 is 1.12 bits per heavy atom. The van der Waals surface area contributed by atoms with E-state index in [0.717, 1.165) is 33.5 Å². The maximum absolute atomic E-state index is 12.2. The van der Waals surface area contributed by atoms with Crippen molar-refractivity contribution >= 4 is 28.6 Å². The zero-order valence-corrected chi connectivity index (χ0v) is 15.6. The van der Waals surface area contributed by atoms with E-state index in [1.807, 2.05) is 51.1 Å². The molecule has 0 saturated heterocycles. The summed E-state index contributed by atoms with van der Waals surface area (Å²) < 4.78 is 5.26. The Morgan fingerprint density at radius 3 is 2.38 bits per heavy atom. The largest absolute Gasteiger partial charge is 0.384 e. The molecule has 3 N–H and O–H groups in total. The molecular weight excluding hydrogens is 348 g/mol. The highest BCUT2D eigenvalue weighted by molar-refractivity contribution is 8.13. The summed E-state index contributed by atoms with van der Waals surface area (Å²) in [4.78, 5) is 17.1. The van der Waals surface area contributed by atoms with Gasteiger partial charge in [0.2, 0.25) is 0 Å². The van der Waals surface area contributed by atoms with Crippen LogP contribution in [0.4, 0.5) is 16.4 Å². The first-order valence-electron chi connectivity index (χ1n) is 8.09. The number of aromatic nitrogens is 2. The third-order valence-electron chi connectivity index (χ3n) is 3.66. The lowest BCUT2D eigenvalue weighted by atomic mass is 9.93. The first kappa shape index (κ1) is 18.0. The second-order valence-corrected chi connectivity index (χ2v) is 7.88. The van der Waals surface area contributed by atoms with E-state index in [4.69, 9.17) is 10.3 Å². The van der Waals surface area contributed by atoms with Gasteiger partial charge in [0.15, 0.2) is 5.82 Å². The van der Waals surface area contributed by atoms with Gasteiger partial charge >= 0.3 is 0 Å². The maximum atomic E-state index is 12.2. The average molecular weight is 368 g/mol. The Labute approximate surface area is 156 Å². The van der Waals surface area contributed by atoms with Crippen LogP contribution in [0, 0.1) is 0 Å². The lowest BCUT2D eigenvalue weighted by molar-refractivity contribution is 0.269. The number of hydrogen-bond acceptors (Lipinski definition) is 6. The first-order chi connectivity index (χ1) is 12.3. The van der Waals surface area contributed by atoms with E-state index in [-0.39, 0.29) is 10.7 Å². The topological polar surface area (TPSA) is 94.0 Å². The van der Waals surface area contributed by atoms with E-state index >= 15 is 0 Å². The zero-order valence-electron chi connectivity index (χ0n) is 14.8. The summed E-state index contributed by atoms with van der Waals surface area (Å²) in [5.41, 5.74) is 7.42. The molecule has 0 spiro atoms. The highest BCUT2D eigenvalue weighted by atomic mass is 32.2. The molecular formula is C19H20N4O2S. The van der Waals surface area contributed by atoms with Gasteiger partial charge in [0.1, 0.15) is 11.6 Å². The fourth-order valence-corrected chi connectivity index (χ4v) is 2.86. The van der Waals surface area contributed by atoms with Gasteiger partial charge in [0, 0.05) is 28.1 Å². The van der Waals surface area contributed by atoms with Crippen molar-refractivity contribution in [2.24, 2.45) is 0 Å². The molecule has 0 saturated carbocycles. The SMILES string of the molecule is CC(C)(C)c1cc(NC(=O)Sc2ccc(-c3ccc(N)nc3)cc2)no1. The maximum Gasteiger partial charge on any atom is 0.289 e. The van der Waals surface area contributed by atoms with Crippen LogP contribution in [0.25, 0.3) is 11.1 Å². The molecule has 0 fully saturated rings. The number of nitrogens with one attached hydrogen (secondary N) is 1. The minimum Gasteiger partial charge on any atom is -0.384 e. The van der Waals surface area contributed by atoms with Crippen molar-refractivity contribution in [3.8, 4) is 11.1 Å². The molecule has 1 aromatic carbocycles. The van der Waals surface area contributed by atoms with E-state index in [1.54, 1.807) is 18.3 Å². The van der Waals surface area contributed by atoms with Crippen molar-refractivity contribution in [3.05, 3.63) is 54.4 Å². The van der Waals surface area contributed by atoms with E-state index in [9.17, 15) is 4.79 Å². The molecule has 3 aromatic rings. The second-order valence-electron chi connectivity index (χ2n) is 6.84. The van der Waals surface area contributed by atoms with Gasteiger partial charge in [-0.1, -0.05) is 38.1 Å². The summed E-state index contributed by atoms with van der Waals surface area (Å²) in [7, 11) is 0. The van der Waals surface area contributed by atoms with Gasteiger partial charge in [-0.05, 0) is 41.6 Å². The summed E-state index contributed by atoms with van der Waals surface area (Å²) >= 11 is 1.09. The first-order valence-corrected chi connectivity index (χ1v) is 8.91. The summed E-state index contributed by atoms with van der Waals surface area (Å²) in [6, 6.07) is 13.1. The third-order valence-corrected chi connectivity index (χ3v) is 4.46. The predicted molar refractivity (Wildman–Crippen MR) is 104 cm³/mol. The Morgan fingerprint density at radius 2 is 1.81 bits per heavy atom. The lowest BCUT2D eigenvalue weighted by Gasteiger charge is -2.11. The minimum atomic E-state index is -0.222. The van der Waals surface area contributed by atoms with Gasteiger partial charge in [-0.3, -0.25) is 10.1 Å². The minimum absolute atomic E-state index is 0.157. The number of hydrogen-bond donors (Lipinski definition) is 2. The summed E-state index contributed by atoms with van der Waals surface area (Å²) in [6.07, 6.45) is 1.72.